The lowest BCUT2D eigenvalue weighted by molar-refractivity contribution is 0.304. The van der Waals surface area contributed by atoms with E-state index in [9.17, 15) is 10.2 Å². The predicted molar refractivity (Wildman–Crippen MR) is 101 cm³/mol. The summed E-state index contributed by atoms with van der Waals surface area (Å²) in [6, 6.07) is 3.69. The molecule has 0 unspecified atom stereocenters. The van der Waals surface area contributed by atoms with Crippen molar-refractivity contribution in [2.45, 2.75) is 58.8 Å². The van der Waals surface area contributed by atoms with Crippen molar-refractivity contribution in [3.63, 3.8) is 0 Å². The van der Waals surface area contributed by atoms with Gasteiger partial charge in [0.05, 0.1) is 0 Å². The molecule has 2 N–H and O–H groups in total. The molecule has 0 fully saturated rings. The van der Waals surface area contributed by atoms with Gasteiger partial charge in [-0.3, -0.25) is 0 Å². The first kappa shape index (κ1) is 18.4. The van der Waals surface area contributed by atoms with Crippen molar-refractivity contribution >= 4 is 15.9 Å². The first-order valence-electron chi connectivity index (χ1n) is 8.72. The number of aromatic hydroxyl groups is 2. The third-order valence-corrected chi connectivity index (χ3v) is 5.59. The molecule has 2 atom stereocenters. The maximum Gasteiger partial charge on any atom is 0.123 e. The van der Waals surface area contributed by atoms with E-state index in [1.165, 1.54) is 5.57 Å². The molecule has 1 aromatic carbocycles. The van der Waals surface area contributed by atoms with Gasteiger partial charge >= 0.3 is 0 Å². The zero-order valence-corrected chi connectivity index (χ0v) is 16.1. The van der Waals surface area contributed by atoms with Crippen LogP contribution in [0.1, 0.15) is 63.5 Å². The van der Waals surface area contributed by atoms with Gasteiger partial charge in [-0.15, -0.1) is 0 Å². The number of benzene rings is 1. The molecule has 2 nitrogen and oxygen atoms in total. The maximum atomic E-state index is 10.6. The summed E-state index contributed by atoms with van der Waals surface area (Å²) in [6.45, 7) is 6.61. The summed E-state index contributed by atoms with van der Waals surface area (Å²) < 4.78 is 0. The Kier molecular flexibility index (Phi) is 6.58. The lowest BCUT2D eigenvalue weighted by atomic mass is 9.71. The molecule has 1 aliphatic carbocycles. The van der Waals surface area contributed by atoms with Crippen LogP contribution in [-0.2, 0) is 6.42 Å². The molecule has 0 aliphatic heterocycles. The van der Waals surface area contributed by atoms with Crippen molar-refractivity contribution in [1.82, 2.24) is 0 Å². The van der Waals surface area contributed by atoms with Crippen LogP contribution in [0.4, 0.5) is 0 Å². The van der Waals surface area contributed by atoms with Gasteiger partial charge in [0, 0.05) is 16.8 Å². The summed E-state index contributed by atoms with van der Waals surface area (Å²) in [5, 5.41) is 22.1. The first-order valence-corrected chi connectivity index (χ1v) is 9.84. The molecule has 0 heterocycles. The fraction of sp³-hybridized carbons (Fsp3) is 0.600. The topological polar surface area (TPSA) is 40.5 Å². The van der Waals surface area contributed by atoms with E-state index < -0.39 is 0 Å². The molecule has 0 spiro atoms. The third kappa shape index (κ3) is 4.53. The van der Waals surface area contributed by atoms with Crippen molar-refractivity contribution in [3.05, 3.63) is 34.9 Å². The van der Waals surface area contributed by atoms with E-state index in [-0.39, 0.29) is 17.4 Å². The number of alkyl halides is 1. The van der Waals surface area contributed by atoms with Gasteiger partial charge in [0.15, 0.2) is 0 Å². The number of halogens is 1. The molecule has 128 valence electrons. The van der Waals surface area contributed by atoms with Crippen LogP contribution in [0.15, 0.2) is 23.8 Å². The van der Waals surface area contributed by atoms with Gasteiger partial charge in [0.25, 0.3) is 0 Å². The molecule has 3 heteroatoms. The molecule has 0 amide bonds. The SMILES string of the molecule is CC1=C[C@@H](c2c(O)cc(CCCCBr)cc2O)[C@H](C(C)C)CC1. The van der Waals surface area contributed by atoms with E-state index in [4.69, 9.17) is 0 Å². The van der Waals surface area contributed by atoms with Gasteiger partial charge < -0.3 is 10.2 Å². The van der Waals surface area contributed by atoms with Crippen molar-refractivity contribution in [2.75, 3.05) is 5.33 Å². The van der Waals surface area contributed by atoms with Crippen LogP contribution in [0.3, 0.4) is 0 Å². The summed E-state index contributed by atoms with van der Waals surface area (Å²) in [5.41, 5.74) is 3.08. The summed E-state index contributed by atoms with van der Waals surface area (Å²) in [5.74, 6) is 1.61. The number of hydrogen-bond donors (Lipinski definition) is 2. The number of phenols is 2. The minimum absolute atomic E-state index is 0.111. The molecule has 1 aliphatic rings. The lowest BCUT2D eigenvalue weighted by Gasteiger charge is -2.33. The summed E-state index contributed by atoms with van der Waals surface area (Å²) >= 11 is 3.44. The average molecular weight is 381 g/mol. The Bertz CT molecular complexity index is 540. The highest BCUT2D eigenvalue weighted by atomic mass is 79.9. The van der Waals surface area contributed by atoms with Crippen LogP contribution >= 0.6 is 15.9 Å². The highest BCUT2D eigenvalue weighted by Gasteiger charge is 2.31. The van der Waals surface area contributed by atoms with Crippen LogP contribution in [-0.4, -0.2) is 15.5 Å². The van der Waals surface area contributed by atoms with Crippen LogP contribution < -0.4 is 0 Å². The number of allylic oxidation sites excluding steroid dienone is 2. The van der Waals surface area contributed by atoms with Gasteiger partial charge in [-0.25, -0.2) is 0 Å². The lowest BCUT2D eigenvalue weighted by Crippen LogP contribution is -2.21. The zero-order valence-electron chi connectivity index (χ0n) is 14.5. The molecule has 0 bridgehead atoms. The standard InChI is InChI=1S/C20H29BrO2/c1-13(2)16-8-7-14(3)10-17(16)20-18(22)11-15(12-19(20)23)6-4-5-9-21/h10-13,16-17,22-23H,4-9H2,1-3H3/t16-,17+/m0/s1. The van der Waals surface area contributed by atoms with E-state index in [0.717, 1.165) is 43.0 Å². The summed E-state index contributed by atoms with van der Waals surface area (Å²) in [7, 11) is 0. The summed E-state index contributed by atoms with van der Waals surface area (Å²) in [6.07, 6.45) is 7.53. The van der Waals surface area contributed by atoms with Gasteiger partial charge in [0.1, 0.15) is 11.5 Å². The van der Waals surface area contributed by atoms with Gasteiger partial charge in [-0.2, -0.15) is 0 Å². The number of aryl methyl sites for hydroxylation is 1. The Hall–Kier alpha value is -0.960. The average Bonchev–Trinajstić information content (AvgIpc) is 2.46. The molecule has 0 aromatic heterocycles. The predicted octanol–water partition coefficient (Wildman–Crippen LogP) is 5.91. The normalized spacial score (nSPS) is 21.5. The number of phenolic OH excluding ortho intramolecular Hbond substituents is 2. The highest BCUT2D eigenvalue weighted by molar-refractivity contribution is 9.09. The number of hydrogen-bond acceptors (Lipinski definition) is 2. The van der Waals surface area contributed by atoms with E-state index in [2.05, 4.69) is 42.8 Å². The van der Waals surface area contributed by atoms with Crippen LogP contribution in [0.2, 0.25) is 0 Å². The van der Waals surface area contributed by atoms with E-state index >= 15 is 0 Å². The van der Waals surface area contributed by atoms with E-state index in [1.54, 1.807) is 0 Å². The Morgan fingerprint density at radius 1 is 1.17 bits per heavy atom. The second-order valence-electron chi connectivity index (χ2n) is 7.18. The smallest absolute Gasteiger partial charge is 0.123 e. The van der Waals surface area contributed by atoms with Gasteiger partial charge in [0.2, 0.25) is 0 Å². The molecular formula is C20H29BrO2. The molecule has 0 saturated heterocycles. The molecule has 0 saturated carbocycles. The van der Waals surface area contributed by atoms with Crippen LogP contribution in [0, 0.1) is 11.8 Å². The third-order valence-electron chi connectivity index (χ3n) is 5.03. The van der Waals surface area contributed by atoms with Crippen LogP contribution in [0.5, 0.6) is 11.5 Å². The zero-order chi connectivity index (χ0) is 17.0. The highest BCUT2D eigenvalue weighted by Crippen LogP contribution is 2.46. The molecule has 0 radical (unpaired) electrons. The van der Waals surface area contributed by atoms with Crippen LogP contribution in [0.25, 0.3) is 0 Å². The summed E-state index contributed by atoms with van der Waals surface area (Å²) in [4.78, 5) is 0. The van der Waals surface area contributed by atoms with Crippen molar-refractivity contribution < 1.29 is 10.2 Å². The van der Waals surface area contributed by atoms with Gasteiger partial charge in [-0.05, 0) is 68.6 Å². The second kappa shape index (κ2) is 8.23. The van der Waals surface area contributed by atoms with Crippen molar-refractivity contribution in [3.8, 4) is 11.5 Å². The minimum Gasteiger partial charge on any atom is -0.507 e. The van der Waals surface area contributed by atoms with Crippen molar-refractivity contribution in [1.29, 1.82) is 0 Å². The number of unbranched alkanes of at least 4 members (excludes halogenated alkanes) is 1. The van der Waals surface area contributed by atoms with Gasteiger partial charge in [-0.1, -0.05) is 41.4 Å². The monoisotopic (exact) mass is 380 g/mol. The Balaban J connectivity index is 2.32. The van der Waals surface area contributed by atoms with E-state index in [1.807, 2.05) is 12.1 Å². The largest absolute Gasteiger partial charge is 0.507 e. The van der Waals surface area contributed by atoms with Crippen molar-refractivity contribution in [2.24, 2.45) is 11.8 Å². The molecule has 1 aromatic rings. The molecule has 2 rings (SSSR count). The Morgan fingerprint density at radius 2 is 1.83 bits per heavy atom. The Morgan fingerprint density at radius 3 is 2.39 bits per heavy atom. The fourth-order valence-corrected chi connectivity index (χ4v) is 4.12. The first-order chi connectivity index (χ1) is 10.9. The Labute approximate surface area is 148 Å². The molecule has 23 heavy (non-hydrogen) atoms. The van der Waals surface area contributed by atoms with E-state index in [0.29, 0.717) is 17.4 Å². The molecular weight excluding hydrogens is 352 g/mol. The number of rotatable bonds is 6. The quantitative estimate of drug-likeness (QED) is 0.365. The fourth-order valence-electron chi connectivity index (χ4n) is 3.72. The maximum absolute atomic E-state index is 10.6. The minimum atomic E-state index is 0.111. The second-order valence-corrected chi connectivity index (χ2v) is 7.97.